The highest BCUT2D eigenvalue weighted by Gasteiger charge is 2.34. The molecule has 0 bridgehead atoms. The van der Waals surface area contributed by atoms with Gasteiger partial charge in [0.25, 0.3) is 0 Å². The number of nitrogens with zero attached hydrogens (tertiary/aromatic N) is 7. The number of allylic oxidation sites excluding steroid dienone is 1. The number of benzene rings is 1. The molecule has 0 fully saturated rings. The van der Waals surface area contributed by atoms with Gasteiger partial charge in [-0.25, -0.2) is 24.9 Å². The molecule has 0 saturated heterocycles. The maximum Gasteiger partial charge on any atom is 0.434 e. The Morgan fingerprint density at radius 1 is 1.05 bits per heavy atom. The van der Waals surface area contributed by atoms with Crippen LogP contribution in [0.5, 0.6) is 5.88 Å². The van der Waals surface area contributed by atoms with Crippen LogP contribution >= 0.6 is 0 Å². The maximum absolute atomic E-state index is 13.1. The summed E-state index contributed by atoms with van der Waals surface area (Å²) in [6.45, 7) is 2.28. The Hall–Kier alpha value is -4.74. The zero-order valence-electron chi connectivity index (χ0n) is 21.3. The van der Waals surface area contributed by atoms with Gasteiger partial charge in [-0.2, -0.15) is 13.2 Å². The van der Waals surface area contributed by atoms with Gasteiger partial charge in [-0.3, -0.25) is 0 Å². The summed E-state index contributed by atoms with van der Waals surface area (Å²) >= 11 is 0. The predicted octanol–water partition coefficient (Wildman–Crippen LogP) is 5.36. The van der Waals surface area contributed by atoms with E-state index in [-0.39, 0.29) is 5.82 Å². The molecular weight excluding hydrogens is 511 g/mol. The number of aliphatic hydroxyl groups is 1. The third kappa shape index (κ3) is 4.92. The van der Waals surface area contributed by atoms with Crippen molar-refractivity contribution in [2.45, 2.75) is 26.1 Å². The number of aryl methyl sites for hydroxylation is 2. The van der Waals surface area contributed by atoms with Crippen molar-refractivity contribution in [1.82, 2.24) is 29.5 Å². The number of methoxy groups -OCH3 is 1. The lowest BCUT2D eigenvalue weighted by atomic mass is 10.1. The number of hydrogen-bond acceptors (Lipinski definition) is 8. The van der Waals surface area contributed by atoms with Gasteiger partial charge < -0.3 is 19.3 Å². The van der Waals surface area contributed by atoms with Crippen LogP contribution in [-0.2, 0) is 26.2 Å². The van der Waals surface area contributed by atoms with E-state index in [1.54, 1.807) is 42.6 Å². The van der Waals surface area contributed by atoms with E-state index >= 15 is 0 Å². The average molecular weight is 536 g/mol. The SMILES string of the molecule is CCc1ncnc(OC)c1-c1ncc2c(n1)N(Cc1ccc(-c3nc(C(F)(F)F)cn3C)cc1)C(=CO)C=C2. The molecule has 1 aromatic carbocycles. The molecular formula is C27H24F3N7O2. The lowest BCUT2D eigenvalue weighted by Gasteiger charge is -2.29. The molecule has 0 atom stereocenters. The van der Waals surface area contributed by atoms with Gasteiger partial charge in [0.1, 0.15) is 29.8 Å². The van der Waals surface area contributed by atoms with Crippen molar-refractivity contribution in [3.05, 3.63) is 83.5 Å². The van der Waals surface area contributed by atoms with Crippen LogP contribution in [-0.4, -0.2) is 41.7 Å². The number of hydrogen-bond donors (Lipinski definition) is 1. The monoisotopic (exact) mass is 535 g/mol. The van der Waals surface area contributed by atoms with Crippen LogP contribution in [0, 0.1) is 0 Å². The molecule has 0 spiro atoms. The van der Waals surface area contributed by atoms with Gasteiger partial charge >= 0.3 is 6.18 Å². The van der Waals surface area contributed by atoms with Gasteiger partial charge in [0.15, 0.2) is 11.5 Å². The van der Waals surface area contributed by atoms with Gasteiger partial charge in [-0.05, 0) is 24.1 Å². The Bertz CT molecular complexity index is 1560. The number of aromatic nitrogens is 6. The second-order valence-electron chi connectivity index (χ2n) is 8.76. The molecule has 12 heteroatoms. The molecule has 0 radical (unpaired) electrons. The summed E-state index contributed by atoms with van der Waals surface area (Å²) in [7, 11) is 3.04. The van der Waals surface area contributed by atoms with Crippen LogP contribution in [0.15, 0.2) is 61.0 Å². The first-order chi connectivity index (χ1) is 18.7. The standard InChI is InChI=1S/C27H24F3N7O2/c1-4-20-22(26(39-3)33-15-32-20)23-31-11-18-9-10-19(14-38)37(25(18)35-23)12-16-5-7-17(8-6-16)24-34-21(13-36(24)2)27(28,29)30/h5-11,13-15,38H,4,12H2,1-3H3. The molecule has 1 aliphatic rings. The van der Waals surface area contributed by atoms with Crippen molar-refractivity contribution in [3.8, 4) is 28.7 Å². The van der Waals surface area contributed by atoms with Gasteiger partial charge in [0.05, 0.1) is 18.5 Å². The average Bonchev–Trinajstić information content (AvgIpc) is 3.35. The van der Waals surface area contributed by atoms with Gasteiger partial charge in [0.2, 0.25) is 5.88 Å². The van der Waals surface area contributed by atoms with E-state index in [0.29, 0.717) is 47.3 Å². The van der Waals surface area contributed by atoms with Crippen molar-refractivity contribution >= 4 is 11.9 Å². The van der Waals surface area contributed by atoms with E-state index < -0.39 is 11.9 Å². The highest BCUT2D eigenvalue weighted by Crippen LogP contribution is 2.35. The lowest BCUT2D eigenvalue weighted by molar-refractivity contribution is -0.140. The van der Waals surface area contributed by atoms with Crippen LogP contribution in [0.2, 0.25) is 0 Å². The first-order valence-electron chi connectivity index (χ1n) is 12.0. The zero-order valence-corrected chi connectivity index (χ0v) is 21.3. The Kier molecular flexibility index (Phi) is 6.77. The smallest absolute Gasteiger partial charge is 0.434 e. The largest absolute Gasteiger partial charge is 0.513 e. The topological polar surface area (TPSA) is 102 Å². The minimum atomic E-state index is -4.52. The number of rotatable bonds is 6. The van der Waals surface area contributed by atoms with Crippen LogP contribution in [0.1, 0.15) is 29.4 Å². The highest BCUT2D eigenvalue weighted by atomic mass is 19.4. The molecule has 1 aliphatic heterocycles. The minimum absolute atomic E-state index is 0.208. The molecule has 0 aliphatic carbocycles. The number of ether oxygens (including phenoxy) is 1. The molecule has 4 aromatic rings. The molecule has 39 heavy (non-hydrogen) atoms. The molecule has 5 rings (SSSR count). The van der Waals surface area contributed by atoms with E-state index in [9.17, 15) is 18.3 Å². The molecule has 0 amide bonds. The predicted molar refractivity (Wildman–Crippen MR) is 139 cm³/mol. The van der Waals surface area contributed by atoms with E-state index in [2.05, 4.69) is 19.9 Å². The number of alkyl halides is 3. The van der Waals surface area contributed by atoms with Gasteiger partial charge in [-0.1, -0.05) is 31.2 Å². The normalized spacial score (nSPS) is 14.1. The lowest BCUT2D eigenvalue weighted by Crippen LogP contribution is -2.25. The van der Waals surface area contributed by atoms with E-state index in [4.69, 9.17) is 9.72 Å². The summed E-state index contributed by atoms with van der Waals surface area (Å²) in [4.78, 5) is 23.5. The fourth-order valence-electron chi connectivity index (χ4n) is 4.37. The molecule has 200 valence electrons. The fourth-order valence-corrected chi connectivity index (χ4v) is 4.37. The molecule has 3 aromatic heterocycles. The summed E-state index contributed by atoms with van der Waals surface area (Å²) in [6.07, 6.45) is 4.72. The number of anilines is 1. The van der Waals surface area contributed by atoms with Crippen molar-refractivity contribution in [2.24, 2.45) is 7.05 Å². The molecule has 9 nitrogen and oxygen atoms in total. The quantitative estimate of drug-likeness (QED) is 0.330. The maximum atomic E-state index is 13.1. The molecule has 4 heterocycles. The van der Waals surface area contributed by atoms with Gasteiger partial charge in [0, 0.05) is 37.1 Å². The molecule has 1 N–H and O–H groups in total. The van der Waals surface area contributed by atoms with E-state index in [1.807, 2.05) is 11.8 Å². The van der Waals surface area contributed by atoms with Crippen LogP contribution in [0.3, 0.4) is 0 Å². The number of fused-ring (bicyclic) bond motifs is 1. The summed E-state index contributed by atoms with van der Waals surface area (Å²) < 4.78 is 46.1. The summed E-state index contributed by atoms with van der Waals surface area (Å²) in [5.41, 5.74) is 3.00. The fraction of sp³-hybridized carbons (Fsp3) is 0.222. The molecule has 0 saturated carbocycles. The highest BCUT2D eigenvalue weighted by molar-refractivity contribution is 5.76. The van der Waals surface area contributed by atoms with Crippen molar-refractivity contribution < 1.29 is 23.0 Å². The second-order valence-corrected chi connectivity index (χ2v) is 8.76. The Morgan fingerprint density at radius 3 is 2.46 bits per heavy atom. The third-order valence-corrected chi connectivity index (χ3v) is 6.29. The van der Waals surface area contributed by atoms with Crippen LogP contribution < -0.4 is 9.64 Å². The van der Waals surface area contributed by atoms with E-state index in [1.165, 1.54) is 25.1 Å². The minimum Gasteiger partial charge on any atom is -0.513 e. The number of halogens is 3. The second kappa shape index (κ2) is 10.2. The van der Waals surface area contributed by atoms with Crippen molar-refractivity contribution in [2.75, 3.05) is 12.0 Å². The summed E-state index contributed by atoms with van der Waals surface area (Å²) in [5, 5.41) is 9.97. The Labute approximate surface area is 222 Å². The number of aliphatic hydroxyl groups excluding tert-OH is 1. The summed E-state index contributed by atoms with van der Waals surface area (Å²) in [5.74, 6) is 1.50. The third-order valence-electron chi connectivity index (χ3n) is 6.29. The van der Waals surface area contributed by atoms with Crippen LogP contribution in [0.25, 0.3) is 28.9 Å². The zero-order chi connectivity index (χ0) is 27.7. The van der Waals surface area contributed by atoms with E-state index in [0.717, 1.165) is 29.3 Å². The van der Waals surface area contributed by atoms with Crippen LogP contribution in [0.4, 0.5) is 19.0 Å². The molecule has 0 unspecified atom stereocenters. The van der Waals surface area contributed by atoms with Crippen molar-refractivity contribution in [3.63, 3.8) is 0 Å². The first-order valence-corrected chi connectivity index (χ1v) is 12.0. The first kappa shape index (κ1) is 25.9. The Morgan fingerprint density at radius 2 is 1.82 bits per heavy atom. The Balaban J connectivity index is 1.49. The van der Waals surface area contributed by atoms with Crippen molar-refractivity contribution in [1.29, 1.82) is 0 Å². The summed E-state index contributed by atoms with van der Waals surface area (Å²) in [6, 6.07) is 7.03. The number of imidazole rings is 1. The van der Waals surface area contributed by atoms with Gasteiger partial charge in [-0.15, -0.1) is 0 Å².